The average molecular weight is 319 g/mol. The van der Waals surface area contributed by atoms with Crippen molar-refractivity contribution in [3.8, 4) is 11.5 Å². The van der Waals surface area contributed by atoms with Crippen LogP contribution in [0.5, 0.6) is 0 Å². The van der Waals surface area contributed by atoms with Gasteiger partial charge in [-0.1, -0.05) is 29.4 Å². The molecule has 1 aromatic carbocycles. The van der Waals surface area contributed by atoms with E-state index in [1.807, 2.05) is 30.3 Å². The van der Waals surface area contributed by atoms with Crippen LogP contribution in [-0.4, -0.2) is 32.9 Å². The van der Waals surface area contributed by atoms with Crippen molar-refractivity contribution in [1.29, 1.82) is 0 Å². The van der Waals surface area contributed by atoms with Crippen LogP contribution in [0.15, 0.2) is 41.1 Å². The minimum Gasteiger partial charge on any atom is -0.392 e. The Morgan fingerprint density at radius 1 is 1.23 bits per heavy atom. The molecular weight excluding hydrogens is 304 g/mol. The van der Waals surface area contributed by atoms with E-state index in [0.717, 1.165) is 10.8 Å². The van der Waals surface area contributed by atoms with E-state index < -0.39 is 0 Å². The lowest BCUT2D eigenvalue weighted by Gasteiger charge is -2.02. The molecule has 2 aromatic heterocycles. The Morgan fingerprint density at radius 3 is 2.91 bits per heavy atom. The third-order valence-electron chi connectivity index (χ3n) is 3.73. The monoisotopic (exact) mass is 318 g/mol. The zero-order valence-electron chi connectivity index (χ0n) is 11.6. The highest BCUT2D eigenvalue weighted by Crippen LogP contribution is 2.27. The van der Waals surface area contributed by atoms with Crippen molar-refractivity contribution in [1.82, 2.24) is 20.4 Å². The number of rotatable bonds is 2. The molecular formula is C15H15ClN4O2. The first-order valence-electron chi connectivity index (χ1n) is 6.90. The maximum Gasteiger partial charge on any atom is 0.244 e. The van der Waals surface area contributed by atoms with Crippen LogP contribution in [0.25, 0.3) is 22.3 Å². The molecule has 0 aliphatic carbocycles. The lowest BCUT2D eigenvalue weighted by molar-refractivity contribution is 0.191. The zero-order chi connectivity index (χ0) is 14.2. The number of fused-ring (bicyclic) bond motifs is 1. The number of aliphatic hydroxyl groups excluding tert-OH is 1. The lowest BCUT2D eigenvalue weighted by Crippen LogP contribution is -2.15. The van der Waals surface area contributed by atoms with Gasteiger partial charge in [0, 0.05) is 18.1 Å². The minimum atomic E-state index is -0.360. The molecule has 1 saturated heterocycles. The van der Waals surface area contributed by atoms with Crippen molar-refractivity contribution in [3.63, 3.8) is 0 Å². The number of halogens is 1. The van der Waals surface area contributed by atoms with Gasteiger partial charge in [0.1, 0.15) is 5.69 Å². The highest BCUT2D eigenvalue weighted by atomic mass is 35.5. The Balaban J connectivity index is 0.00000144. The summed E-state index contributed by atoms with van der Waals surface area (Å²) in [6, 6.07) is 9.83. The zero-order valence-corrected chi connectivity index (χ0v) is 12.5. The van der Waals surface area contributed by atoms with E-state index in [4.69, 9.17) is 4.52 Å². The van der Waals surface area contributed by atoms with Gasteiger partial charge in [-0.2, -0.15) is 4.98 Å². The quantitative estimate of drug-likeness (QED) is 0.753. The predicted molar refractivity (Wildman–Crippen MR) is 83.7 cm³/mol. The second-order valence-electron chi connectivity index (χ2n) is 5.19. The Hall–Kier alpha value is -2.02. The molecule has 0 amide bonds. The first kappa shape index (κ1) is 14.9. The molecule has 1 fully saturated rings. The number of hydrogen-bond acceptors (Lipinski definition) is 6. The fourth-order valence-electron chi connectivity index (χ4n) is 2.68. The van der Waals surface area contributed by atoms with Crippen LogP contribution in [0.3, 0.4) is 0 Å². The van der Waals surface area contributed by atoms with Gasteiger partial charge in [0.2, 0.25) is 11.7 Å². The molecule has 3 aromatic rings. The number of β-amino-alcohol motifs (C(OH)–C–C–N with tert-alkyl or cyclic N) is 1. The van der Waals surface area contributed by atoms with E-state index >= 15 is 0 Å². The Labute approximate surface area is 133 Å². The highest BCUT2D eigenvalue weighted by molar-refractivity contribution is 5.92. The normalized spacial score (nSPS) is 21.0. The van der Waals surface area contributed by atoms with Gasteiger partial charge in [-0.3, -0.25) is 4.98 Å². The van der Waals surface area contributed by atoms with Gasteiger partial charge in [0.05, 0.1) is 12.1 Å². The first-order valence-corrected chi connectivity index (χ1v) is 6.90. The summed E-state index contributed by atoms with van der Waals surface area (Å²) in [6.45, 7) is 0.550. The van der Waals surface area contributed by atoms with Crippen molar-refractivity contribution in [2.45, 2.75) is 18.6 Å². The van der Waals surface area contributed by atoms with Crippen molar-refractivity contribution in [2.24, 2.45) is 0 Å². The summed E-state index contributed by atoms with van der Waals surface area (Å²) < 4.78 is 5.33. The topological polar surface area (TPSA) is 84.1 Å². The van der Waals surface area contributed by atoms with E-state index in [2.05, 4.69) is 20.4 Å². The molecule has 4 rings (SSSR count). The third kappa shape index (κ3) is 2.56. The standard InChI is InChI=1S/C15H14N4O2.ClH/c20-10-7-12(17-8-10)15-18-14(19-21-15)13-11-4-2-1-3-9(11)5-6-16-13;/h1-6,10,12,17,20H,7-8H2;1H/t10-,12-;/m1./s1. The largest absolute Gasteiger partial charge is 0.392 e. The number of hydrogen-bond donors (Lipinski definition) is 2. The summed E-state index contributed by atoms with van der Waals surface area (Å²) in [5.74, 6) is 0.973. The number of benzene rings is 1. The van der Waals surface area contributed by atoms with Gasteiger partial charge in [-0.05, 0) is 17.9 Å². The van der Waals surface area contributed by atoms with Crippen LogP contribution in [0, 0.1) is 0 Å². The second kappa shape index (κ2) is 6.00. The summed E-state index contributed by atoms with van der Waals surface area (Å²) in [5, 5.41) is 18.8. The number of aliphatic hydroxyl groups is 1. The van der Waals surface area contributed by atoms with Gasteiger partial charge in [0.15, 0.2) is 0 Å². The summed E-state index contributed by atoms with van der Waals surface area (Å²) in [6.07, 6.45) is 1.97. The van der Waals surface area contributed by atoms with E-state index in [0.29, 0.717) is 30.4 Å². The molecule has 3 heterocycles. The van der Waals surface area contributed by atoms with Crippen LogP contribution >= 0.6 is 12.4 Å². The Bertz CT molecular complexity index is 787. The van der Waals surface area contributed by atoms with Crippen molar-refractivity contribution < 1.29 is 9.63 Å². The minimum absolute atomic E-state index is 0. The molecule has 0 saturated carbocycles. The maximum absolute atomic E-state index is 9.56. The van der Waals surface area contributed by atoms with Gasteiger partial charge in [-0.25, -0.2) is 0 Å². The Kier molecular flexibility index (Phi) is 4.06. The Morgan fingerprint density at radius 2 is 2.09 bits per heavy atom. The van der Waals surface area contributed by atoms with E-state index in [1.54, 1.807) is 6.20 Å². The van der Waals surface area contributed by atoms with Crippen molar-refractivity contribution >= 4 is 23.2 Å². The van der Waals surface area contributed by atoms with Crippen LogP contribution in [0.2, 0.25) is 0 Å². The number of pyridine rings is 1. The third-order valence-corrected chi connectivity index (χ3v) is 3.73. The number of nitrogens with one attached hydrogen (secondary N) is 1. The fourth-order valence-corrected chi connectivity index (χ4v) is 2.68. The maximum atomic E-state index is 9.56. The van der Waals surface area contributed by atoms with Crippen molar-refractivity contribution in [2.75, 3.05) is 6.54 Å². The summed E-state index contributed by atoms with van der Waals surface area (Å²) in [4.78, 5) is 8.81. The molecule has 114 valence electrons. The molecule has 6 nitrogen and oxygen atoms in total. The number of nitrogens with zero attached hydrogens (tertiary/aromatic N) is 3. The molecule has 22 heavy (non-hydrogen) atoms. The molecule has 1 aliphatic heterocycles. The van der Waals surface area contributed by atoms with Gasteiger partial charge in [0.25, 0.3) is 0 Å². The molecule has 2 N–H and O–H groups in total. The van der Waals surface area contributed by atoms with Crippen LogP contribution in [-0.2, 0) is 0 Å². The van der Waals surface area contributed by atoms with Gasteiger partial charge >= 0.3 is 0 Å². The highest BCUT2D eigenvalue weighted by Gasteiger charge is 2.28. The summed E-state index contributed by atoms with van der Waals surface area (Å²) in [7, 11) is 0. The lowest BCUT2D eigenvalue weighted by atomic mass is 10.1. The fraction of sp³-hybridized carbons (Fsp3) is 0.267. The molecule has 0 spiro atoms. The van der Waals surface area contributed by atoms with Crippen LogP contribution in [0.4, 0.5) is 0 Å². The van der Waals surface area contributed by atoms with Crippen molar-refractivity contribution in [3.05, 3.63) is 42.4 Å². The smallest absolute Gasteiger partial charge is 0.244 e. The molecule has 2 atom stereocenters. The molecule has 0 bridgehead atoms. The van der Waals surface area contributed by atoms with E-state index in [-0.39, 0.29) is 24.6 Å². The van der Waals surface area contributed by atoms with Crippen LogP contribution < -0.4 is 5.32 Å². The first-order chi connectivity index (χ1) is 10.3. The predicted octanol–water partition coefficient (Wildman–Crippen LogP) is 2.10. The summed E-state index contributed by atoms with van der Waals surface area (Å²) in [5.41, 5.74) is 0.710. The van der Waals surface area contributed by atoms with Crippen LogP contribution in [0.1, 0.15) is 18.4 Å². The second-order valence-corrected chi connectivity index (χ2v) is 5.19. The molecule has 1 aliphatic rings. The molecule has 0 radical (unpaired) electrons. The molecule has 0 unspecified atom stereocenters. The SMILES string of the molecule is Cl.O[C@H]1CN[C@@H](c2nc(-c3nccc4ccccc34)no2)C1. The van der Waals surface area contributed by atoms with Gasteiger partial charge < -0.3 is 14.9 Å². The van der Waals surface area contributed by atoms with Gasteiger partial charge in [-0.15, -0.1) is 12.4 Å². The van der Waals surface area contributed by atoms with E-state index in [1.165, 1.54) is 0 Å². The average Bonchev–Trinajstić information content (AvgIpc) is 3.15. The number of aromatic nitrogens is 3. The summed E-state index contributed by atoms with van der Waals surface area (Å²) >= 11 is 0. The van der Waals surface area contributed by atoms with E-state index in [9.17, 15) is 5.11 Å². The molecule has 7 heteroatoms.